The predicted octanol–water partition coefficient (Wildman–Crippen LogP) is 2.39. The van der Waals surface area contributed by atoms with Crippen LogP contribution in [0.15, 0.2) is 0 Å². The van der Waals surface area contributed by atoms with Crippen LogP contribution in [0, 0.1) is 13.8 Å². The van der Waals surface area contributed by atoms with Crippen molar-refractivity contribution >= 4 is 5.82 Å². The van der Waals surface area contributed by atoms with Crippen molar-refractivity contribution in [2.75, 3.05) is 5.73 Å². The Kier molecular flexibility index (Phi) is 3.27. The maximum absolute atomic E-state index is 5.92. The summed E-state index contributed by atoms with van der Waals surface area (Å²) in [6.45, 7) is 3.75. The van der Waals surface area contributed by atoms with E-state index >= 15 is 0 Å². The average molecular weight is 221 g/mol. The first-order chi connectivity index (χ1) is 7.66. The molecule has 0 aliphatic heterocycles. The lowest BCUT2D eigenvalue weighted by Gasteiger charge is -2.23. The quantitative estimate of drug-likeness (QED) is 0.833. The normalized spacial score (nSPS) is 17.4. The van der Waals surface area contributed by atoms with Gasteiger partial charge in [0.05, 0.1) is 5.56 Å². The van der Waals surface area contributed by atoms with Crippen LogP contribution < -0.4 is 10.5 Å². The number of anilines is 1. The minimum atomic E-state index is 0.307. The molecule has 88 valence electrons. The molecule has 1 aliphatic rings. The molecule has 1 heterocycles. The third-order valence-corrected chi connectivity index (χ3v) is 3.08. The summed E-state index contributed by atoms with van der Waals surface area (Å²) >= 11 is 0. The number of nitrogen functional groups attached to an aromatic ring is 1. The van der Waals surface area contributed by atoms with Crippen LogP contribution in [0.4, 0.5) is 5.82 Å². The number of nitrogens with two attached hydrogens (primary N) is 1. The van der Waals surface area contributed by atoms with Crippen LogP contribution in [0.2, 0.25) is 0 Å². The Morgan fingerprint density at radius 2 is 1.81 bits per heavy atom. The largest absolute Gasteiger partial charge is 0.474 e. The van der Waals surface area contributed by atoms with Gasteiger partial charge in [0.2, 0.25) is 5.88 Å². The monoisotopic (exact) mass is 221 g/mol. The van der Waals surface area contributed by atoms with Gasteiger partial charge in [-0.1, -0.05) is 6.42 Å². The Balaban J connectivity index is 2.13. The van der Waals surface area contributed by atoms with Crippen LogP contribution in [0.3, 0.4) is 0 Å². The third kappa shape index (κ3) is 2.43. The van der Waals surface area contributed by atoms with Crippen LogP contribution in [-0.4, -0.2) is 16.1 Å². The highest BCUT2D eigenvalue weighted by Crippen LogP contribution is 2.26. The Labute approximate surface area is 96.2 Å². The first-order valence-corrected chi connectivity index (χ1v) is 5.94. The summed E-state index contributed by atoms with van der Waals surface area (Å²) in [5.41, 5.74) is 6.65. The summed E-state index contributed by atoms with van der Waals surface area (Å²) in [5, 5.41) is 0. The predicted molar refractivity (Wildman–Crippen MR) is 63.4 cm³/mol. The summed E-state index contributed by atoms with van der Waals surface area (Å²) in [4.78, 5) is 8.43. The van der Waals surface area contributed by atoms with Gasteiger partial charge < -0.3 is 10.5 Å². The van der Waals surface area contributed by atoms with Crippen molar-refractivity contribution in [2.24, 2.45) is 0 Å². The summed E-state index contributed by atoms with van der Waals surface area (Å²) in [5.74, 6) is 1.86. The molecule has 16 heavy (non-hydrogen) atoms. The molecule has 1 saturated carbocycles. The molecule has 0 unspecified atom stereocenters. The molecule has 4 nitrogen and oxygen atoms in total. The van der Waals surface area contributed by atoms with Crippen molar-refractivity contribution in [3.8, 4) is 5.88 Å². The van der Waals surface area contributed by atoms with Crippen LogP contribution in [0.25, 0.3) is 0 Å². The molecule has 1 fully saturated rings. The Hall–Kier alpha value is -1.32. The molecule has 0 amide bonds. The lowest BCUT2D eigenvalue weighted by molar-refractivity contribution is 0.147. The molecule has 4 heteroatoms. The van der Waals surface area contributed by atoms with Gasteiger partial charge in [0.1, 0.15) is 17.7 Å². The number of hydrogen-bond donors (Lipinski definition) is 1. The highest BCUT2D eigenvalue weighted by molar-refractivity contribution is 5.44. The molecule has 0 saturated heterocycles. The summed E-state index contributed by atoms with van der Waals surface area (Å²) in [6, 6.07) is 0. The SMILES string of the molecule is Cc1nc(N)c(C)c(OC2CCCCC2)n1. The molecular weight excluding hydrogens is 202 g/mol. The second-order valence-corrected chi connectivity index (χ2v) is 4.46. The fourth-order valence-corrected chi connectivity index (χ4v) is 2.08. The molecule has 0 bridgehead atoms. The van der Waals surface area contributed by atoms with Gasteiger partial charge in [-0.25, -0.2) is 4.98 Å². The van der Waals surface area contributed by atoms with E-state index in [1.54, 1.807) is 0 Å². The summed E-state index contributed by atoms with van der Waals surface area (Å²) in [6.07, 6.45) is 6.39. The molecule has 0 atom stereocenters. The van der Waals surface area contributed by atoms with Crippen molar-refractivity contribution in [2.45, 2.75) is 52.1 Å². The van der Waals surface area contributed by atoms with Gasteiger partial charge in [0.25, 0.3) is 0 Å². The first kappa shape index (κ1) is 11.2. The van der Waals surface area contributed by atoms with Crippen molar-refractivity contribution in [1.29, 1.82) is 0 Å². The number of aromatic nitrogens is 2. The zero-order valence-corrected chi connectivity index (χ0v) is 9.99. The molecule has 0 radical (unpaired) electrons. The maximum atomic E-state index is 5.92. The van der Waals surface area contributed by atoms with Crippen molar-refractivity contribution in [3.05, 3.63) is 11.4 Å². The number of hydrogen-bond acceptors (Lipinski definition) is 4. The molecule has 1 aliphatic carbocycles. The fourth-order valence-electron chi connectivity index (χ4n) is 2.08. The standard InChI is InChI=1S/C12H19N3O/c1-8-11(13)14-9(2)15-12(8)16-10-6-4-3-5-7-10/h10H,3-7H2,1-2H3,(H2,13,14,15). The van der Waals surface area contributed by atoms with Gasteiger partial charge in [-0.05, 0) is 39.5 Å². The minimum absolute atomic E-state index is 0.307. The van der Waals surface area contributed by atoms with Crippen molar-refractivity contribution in [3.63, 3.8) is 0 Å². The fraction of sp³-hybridized carbons (Fsp3) is 0.667. The highest BCUT2D eigenvalue weighted by Gasteiger charge is 2.17. The lowest BCUT2D eigenvalue weighted by atomic mass is 9.98. The number of rotatable bonds is 2. The molecule has 2 N–H and O–H groups in total. The molecule has 0 spiro atoms. The third-order valence-electron chi connectivity index (χ3n) is 3.08. The van der Waals surface area contributed by atoms with Gasteiger partial charge in [-0.15, -0.1) is 0 Å². The van der Waals surface area contributed by atoms with E-state index in [2.05, 4.69) is 9.97 Å². The Morgan fingerprint density at radius 3 is 2.50 bits per heavy atom. The van der Waals surface area contributed by atoms with E-state index in [1.165, 1.54) is 19.3 Å². The topological polar surface area (TPSA) is 61.0 Å². The van der Waals surface area contributed by atoms with Gasteiger partial charge in [0, 0.05) is 0 Å². The zero-order chi connectivity index (χ0) is 11.5. The van der Waals surface area contributed by atoms with Crippen LogP contribution >= 0.6 is 0 Å². The Morgan fingerprint density at radius 1 is 1.12 bits per heavy atom. The average Bonchev–Trinajstić information content (AvgIpc) is 2.27. The Bertz CT molecular complexity index is 373. The van der Waals surface area contributed by atoms with Crippen LogP contribution in [-0.2, 0) is 0 Å². The van der Waals surface area contributed by atoms with E-state index in [1.807, 2.05) is 13.8 Å². The smallest absolute Gasteiger partial charge is 0.222 e. The van der Waals surface area contributed by atoms with Crippen LogP contribution in [0.1, 0.15) is 43.5 Å². The van der Waals surface area contributed by atoms with E-state index in [9.17, 15) is 0 Å². The molecule has 0 aromatic carbocycles. The van der Waals surface area contributed by atoms with Gasteiger partial charge >= 0.3 is 0 Å². The second kappa shape index (κ2) is 4.68. The molecule has 1 aromatic rings. The molecule has 1 aromatic heterocycles. The second-order valence-electron chi connectivity index (χ2n) is 4.46. The van der Waals surface area contributed by atoms with E-state index in [-0.39, 0.29) is 0 Å². The number of ether oxygens (including phenoxy) is 1. The maximum Gasteiger partial charge on any atom is 0.222 e. The van der Waals surface area contributed by atoms with Crippen molar-refractivity contribution < 1.29 is 4.74 Å². The molecule has 2 rings (SSSR count). The summed E-state index contributed by atoms with van der Waals surface area (Å²) < 4.78 is 5.92. The lowest BCUT2D eigenvalue weighted by Crippen LogP contribution is -2.21. The first-order valence-electron chi connectivity index (χ1n) is 5.94. The number of aryl methyl sites for hydroxylation is 1. The zero-order valence-electron chi connectivity index (χ0n) is 9.99. The highest BCUT2D eigenvalue weighted by atomic mass is 16.5. The van der Waals surface area contributed by atoms with E-state index in [0.717, 1.165) is 18.4 Å². The van der Waals surface area contributed by atoms with Gasteiger partial charge in [-0.2, -0.15) is 4.98 Å². The van der Waals surface area contributed by atoms with E-state index in [0.29, 0.717) is 23.6 Å². The van der Waals surface area contributed by atoms with Crippen LogP contribution in [0.5, 0.6) is 5.88 Å². The number of nitrogens with zero attached hydrogens (tertiary/aromatic N) is 2. The van der Waals surface area contributed by atoms with Gasteiger partial charge in [0.15, 0.2) is 0 Å². The van der Waals surface area contributed by atoms with Gasteiger partial charge in [-0.3, -0.25) is 0 Å². The van der Waals surface area contributed by atoms with E-state index < -0.39 is 0 Å². The van der Waals surface area contributed by atoms with Crippen molar-refractivity contribution in [1.82, 2.24) is 9.97 Å². The summed E-state index contributed by atoms with van der Waals surface area (Å²) in [7, 11) is 0. The minimum Gasteiger partial charge on any atom is -0.474 e. The molecular formula is C12H19N3O. The van der Waals surface area contributed by atoms with E-state index in [4.69, 9.17) is 10.5 Å².